The average Bonchev–Trinajstić information content (AvgIpc) is 3.30. The molecule has 110 valence electrons. The SMILES string of the molecule is CNC(Cc1cccc(Cl)c1)c1ccc(OC2CC2)cc1. The van der Waals surface area contributed by atoms with Gasteiger partial charge in [-0.15, -0.1) is 0 Å². The molecular weight excluding hydrogens is 282 g/mol. The fourth-order valence-electron chi connectivity index (χ4n) is 2.44. The largest absolute Gasteiger partial charge is 0.490 e. The molecule has 1 aliphatic rings. The Balaban J connectivity index is 1.69. The molecule has 0 amide bonds. The lowest BCUT2D eigenvalue weighted by Crippen LogP contribution is -2.18. The highest BCUT2D eigenvalue weighted by molar-refractivity contribution is 6.30. The van der Waals surface area contributed by atoms with Crippen molar-refractivity contribution in [1.82, 2.24) is 5.32 Å². The Hall–Kier alpha value is -1.51. The Morgan fingerprint density at radius 1 is 1.19 bits per heavy atom. The molecule has 0 spiro atoms. The van der Waals surface area contributed by atoms with Crippen molar-refractivity contribution in [2.45, 2.75) is 31.4 Å². The fourth-order valence-corrected chi connectivity index (χ4v) is 2.66. The summed E-state index contributed by atoms with van der Waals surface area (Å²) >= 11 is 6.06. The number of hydrogen-bond donors (Lipinski definition) is 1. The summed E-state index contributed by atoms with van der Waals surface area (Å²) in [6.07, 6.45) is 3.74. The van der Waals surface area contributed by atoms with E-state index in [0.717, 1.165) is 17.2 Å². The fraction of sp³-hybridized carbons (Fsp3) is 0.333. The molecule has 1 N–H and O–H groups in total. The number of ether oxygens (including phenoxy) is 1. The van der Waals surface area contributed by atoms with Crippen LogP contribution in [0.5, 0.6) is 5.75 Å². The standard InChI is InChI=1S/C18H20ClNO/c1-20-18(12-13-3-2-4-15(19)11-13)14-5-7-16(8-6-14)21-17-9-10-17/h2-8,11,17-18,20H,9-10,12H2,1H3. The van der Waals surface area contributed by atoms with Crippen molar-refractivity contribution in [3.8, 4) is 5.75 Å². The summed E-state index contributed by atoms with van der Waals surface area (Å²) in [6, 6.07) is 16.7. The van der Waals surface area contributed by atoms with Crippen molar-refractivity contribution in [1.29, 1.82) is 0 Å². The Labute approximate surface area is 131 Å². The molecule has 0 radical (unpaired) electrons. The number of hydrogen-bond acceptors (Lipinski definition) is 2. The zero-order chi connectivity index (χ0) is 14.7. The van der Waals surface area contributed by atoms with E-state index in [0.29, 0.717) is 6.10 Å². The first-order valence-electron chi connectivity index (χ1n) is 7.43. The van der Waals surface area contributed by atoms with Gasteiger partial charge in [0.15, 0.2) is 0 Å². The number of benzene rings is 2. The van der Waals surface area contributed by atoms with Gasteiger partial charge in [-0.2, -0.15) is 0 Å². The van der Waals surface area contributed by atoms with E-state index in [2.05, 4.69) is 35.6 Å². The van der Waals surface area contributed by atoms with Gasteiger partial charge in [-0.3, -0.25) is 0 Å². The summed E-state index contributed by atoms with van der Waals surface area (Å²) in [6.45, 7) is 0. The van der Waals surface area contributed by atoms with E-state index in [1.165, 1.54) is 24.0 Å². The first kappa shape index (κ1) is 14.4. The molecule has 1 aliphatic carbocycles. The summed E-state index contributed by atoms with van der Waals surface area (Å²) in [7, 11) is 1.99. The molecule has 0 heterocycles. The quantitative estimate of drug-likeness (QED) is 0.854. The average molecular weight is 302 g/mol. The minimum Gasteiger partial charge on any atom is -0.490 e. The number of nitrogens with one attached hydrogen (secondary N) is 1. The molecule has 1 atom stereocenters. The summed E-state index contributed by atoms with van der Waals surface area (Å²) in [4.78, 5) is 0. The minimum absolute atomic E-state index is 0.276. The maximum Gasteiger partial charge on any atom is 0.119 e. The number of likely N-dealkylation sites (N-methyl/N-ethyl adjacent to an activating group) is 1. The van der Waals surface area contributed by atoms with Gasteiger partial charge in [0.25, 0.3) is 0 Å². The topological polar surface area (TPSA) is 21.3 Å². The molecule has 2 nitrogen and oxygen atoms in total. The molecule has 1 unspecified atom stereocenters. The van der Waals surface area contributed by atoms with Crippen LogP contribution in [0.25, 0.3) is 0 Å². The summed E-state index contributed by atoms with van der Waals surface area (Å²) in [5, 5.41) is 4.16. The van der Waals surface area contributed by atoms with Crippen LogP contribution >= 0.6 is 11.6 Å². The molecule has 21 heavy (non-hydrogen) atoms. The third kappa shape index (κ3) is 3.99. The van der Waals surface area contributed by atoms with Crippen LogP contribution in [0.4, 0.5) is 0 Å². The Bertz CT molecular complexity index is 592. The molecule has 0 saturated heterocycles. The van der Waals surface area contributed by atoms with Crippen LogP contribution in [0.15, 0.2) is 48.5 Å². The van der Waals surface area contributed by atoms with Crippen molar-refractivity contribution in [2.75, 3.05) is 7.05 Å². The lowest BCUT2D eigenvalue weighted by atomic mass is 9.99. The maximum atomic E-state index is 6.06. The molecule has 2 aromatic rings. The van der Waals surface area contributed by atoms with E-state index >= 15 is 0 Å². The zero-order valence-electron chi connectivity index (χ0n) is 12.2. The minimum atomic E-state index is 0.276. The first-order valence-corrected chi connectivity index (χ1v) is 7.81. The van der Waals surface area contributed by atoms with Crippen LogP contribution < -0.4 is 10.1 Å². The first-order chi connectivity index (χ1) is 10.2. The third-order valence-electron chi connectivity index (χ3n) is 3.79. The molecule has 1 fully saturated rings. The van der Waals surface area contributed by atoms with Crippen molar-refractivity contribution in [2.24, 2.45) is 0 Å². The van der Waals surface area contributed by atoms with Crippen LogP contribution in [0.3, 0.4) is 0 Å². The molecule has 1 saturated carbocycles. The van der Waals surface area contributed by atoms with Crippen LogP contribution in [0, 0.1) is 0 Å². The Morgan fingerprint density at radius 2 is 1.95 bits per heavy atom. The number of rotatable bonds is 6. The van der Waals surface area contributed by atoms with Gasteiger partial charge in [0.05, 0.1) is 6.10 Å². The molecule has 2 aromatic carbocycles. The van der Waals surface area contributed by atoms with Crippen molar-refractivity contribution < 1.29 is 4.74 Å². The normalized spacial score (nSPS) is 15.7. The molecular formula is C18H20ClNO. The monoisotopic (exact) mass is 301 g/mol. The second-order valence-corrected chi connectivity index (χ2v) is 6.00. The van der Waals surface area contributed by atoms with E-state index in [9.17, 15) is 0 Å². The molecule has 0 aliphatic heterocycles. The van der Waals surface area contributed by atoms with E-state index < -0.39 is 0 Å². The van der Waals surface area contributed by atoms with Gasteiger partial charge in [-0.25, -0.2) is 0 Å². The highest BCUT2D eigenvalue weighted by Gasteiger charge is 2.23. The highest BCUT2D eigenvalue weighted by Crippen LogP contribution is 2.28. The predicted molar refractivity (Wildman–Crippen MR) is 87.0 cm³/mol. The van der Waals surface area contributed by atoms with Crippen molar-refractivity contribution >= 4 is 11.6 Å². The summed E-state index contributed by atoms with van der Waals surface area (Å²) < 4.78 is 5.79. The molecule has 0 bridgehead atoms. The van der Waals surface area contributed by atoms with Crippen LogP contribution in [0.2, 0.25) is 5.02 Å². The Morgan fingerprint density at radius 3 is 2.57 bits per heavy atom. The lowest BCUT2D eigenvalue weighted by Gasteiger charge is -2.17. The molecule has 3 heteroatoms. The van der Waals surface area contributed by atoms with Gasteiger partial charge in [0.1, 0.15) is 5.75 Å². The van der Waals surface area contributed by atoms with Gasteiger partial charge in [-0.1, -0.05) is 35.9 Å². The van der Waals surface area contributed by atoms with Gasteiger partial charge in [-0.05, 0) is 61.7 Å². The molecule has 3 rings (SSSR count). The second kappa shape index (κ2) is 6.50. The van der Waals surface area contributed by atoms with Gasteiger partial charge >= 0.3 is 0 Å². The maximum absolute atomic E-state index is 6.06. The van der Waals surface area contributed by atoms with Gasteiger partial charge < -0.3 is 10.1 Å². The highest BCUT2D eigenvalue weighted by atomic mass is 35.5. The van der Waals surface area contributed by atoms with Crippen molar-refractivity contribution in [3.05, 3.63) is 64.7 Å². The third-order valence-corrected chi connectivity index (χ3v) is 4.02. The summed E-state index contributed by atoms with van der Waals surface area (Å²) in [5.41, 5.74) is 2.50. The van der Waals surface area contributed by atoms with E-state index in [-0.39, 0.29) is 6.04 Å². The van der Waals surface area contributed by atoms with Crippen LogP contribution in [0.1, 0.15) is 30.0 Å². The summed E-state index contributed by atoms with van der Waals surface area (Å²) in [5.74, 6) is 0.971. The van der Waals surface area contributed by atoms with E-state index in [4.69, 9.17) is 16.3 Å². The smallest absolute Gasteiger partial charge is 0.119 e. The second-order valence-electron chi connectivity index (χ2n) is 5.56. The molecule has 0 aromatic heterocycles. The number of halogens is 1. The van der Waals surface area contributed by atoms with E-state index in [1.807, 2.05) is 25.2 Å². The predicted octanol–water partition coefficient (Wildman–Crippen LogP) is 4.38. The van der Waals surface area contributed by atoms with Gasteiger partial charge in [0, 0.05) is 11.1 Å². The Kier molecular flexibility index (Phi) is 4.47. The van der Waals surface area contributed by atoms with Crippen molar-refractivity contribution in [3.63, 3.8) is 0 Å². The van der Waals surface area contributed by atoms with Crippen LogP contribution in [-0.4, -0.2) is 13.2 Å². The lowest BCUT2D eigenvalue weighted by molar-refractivity contribution is 0.303. The van der Waals surface area contributed by atoms with Gasteiger partial charge in [0.2, 0.25) is 0 Å². The van der Waals surface area contributed by atoms with E-state index in [1.54, 1.807) is 0 Å². The van der Waals surface area contributed by atoms with Crippen LogP contribution in [-0.2, 0) is 6.42 Å². The zero-order valence-corrected chi connectivity index (χ0v) is 12.9.